The molecule has 0 atom stereocenters. The Morgan fingerprint density at radius 2 is 2.05 bits per heavy atom. The first-order valence-electron chi connectivity index (χ1n) is 7.61. The third kappa shape index (κ3) is 3.71. The highest BCUT2D eigenvalue weighted by Crippen LogP contribution is 2.22. The molecule has 0 N–H and O–H groups in total. The molecule has 0 aromatic carbocycles. The van der Waals surface area contributed by atoms with Crippen molar-refractivity contribution in [3.8, 4) is 5.88 Å². The molecule has 0 aliphatic carbocycles. The van der Waals surface area contributed by atoms with E-state index in [-0.39, 0.29) is 12.0 Å². The summed E-state index contributed by atoms with van der Waals surface area (Å²) in [5.41, 5.74) is 0. The van der Waals surface area contributed by atoms with Gasteiger partial charge in [0.25, 0.3) is 0 Å². The molecule has 2 heterocycles. The van der Waals surface area contributed by atoms with Crippen LogP contribution in [-0.2, 0) is 4.79 Å². The largest absolute Gasteiger partial charge is 0.471 e. The molecule has 0 spiro atoms. The fraction of sp³-hybridized carbons (Fsp3) is 0.625. The molecule has 0 radical (unpaired) electrons. The van der Waals surface area contributed by atoms with Crippen LogP contribution in [0.3, 0.4) is 0 Å². The quantitative estimate of drug-likeness (QED) is 0.769. The van der Waals surface area contributed by atoms with Crippen molar-refractivity contribution < 1.29 is 9.53 Å². The van der Waals surface area contributed by atoms with Crippen molar-refractivity contribution in [3.63, 3.8) is 0 Å². The molecular formula is C16H24N2O2. The minimum absolute atomic E-state index is 0.0951. The summed E-state index contributed by atoms with van der Waals surface area (Å²) in [5.74, 6) is 1.14. The molecule has 1 amide bonds. The predicted molar refractivity (Wildman–Crippen MR) is 78.5 cm³/mol. The molecule has 20 heavy (non-hydrogen) atoms. The fourth-order valence-corrected chi connectivity index (χ4v) is 2.63. The van der Waals surface area contributed by atoms with Crippen LogP contribution in [0.15, 0.2) is 24.4 Å². The number of likely N-dealkylation sites (tertiary alicyclic amines) is 1. The molecule has 4 heteroatoms. The first-order valence-corrected chi connectivity index (χ1v) is 7.61. The molecule has 1 aromatic rings. The maximum atomic E-state index is 12.4. The standard InChI is InChI=1S/C16H24N2O2/c1-3-7-13(8-4-2)16(19)18-11-14(12-18)20-15-9-5-6-10-17-15/h5-6,9-10,13-14H,3-4,7-8,11-12H2,1-2H3. The average molecular weight is 276 g/mol. The van der Waals surface area contributed by atoms with Crippen molar-refractivity contribution in [1.29, 1.82) is 0 Å². The Balaban J connectivity index is 1.78. The smallest absolute Gasteiger partial charge is 0.225 e. The van der Waals surface area contributed by atoms with Gasteiger partial charge >= 0.3 is 0 Å². The summed E-state index contributed by atoms with van der Waals surface area (Å²) < 4.78 is 5.73. The lowest BCUT2D eigenvalue weighted by Crippen LogP contribution is -2.57. The topological polar surface area (TPSA) is 42.4 Å². The van der Waals surface area contributed by atoms with Crippen LogP contribution in [0.25, 0.3) is 0 Å². The van der Waals surface area contributed by atoms with Gasteiger partial charge in [0.05, 0.1) is 13.1 Å². The lowest BCUT2D eigenvalue weighted by atomic mass is 9.95. The van der Waals surface area contributed by atoms with Crippen LogP contribution in [-0.4, -0.2) is 35.0 Å². The van der Waals surface area contributed by atoms with Crippen molar-refractivity contribution in [3.05, 3.63) is 24.4 Å². The third-order valence-electron chi connectivity index (χ3n) is 3.71. The van der Waals surface area contributed by atoms with E-state index in [1.165, 1.54) is 0 Å². The van der Waals surface area contributed by atoms with Crippen molar-refractivity contribution in [2.45, 2.75) is 45.6 Å². The second-order valence-electron chi connectivity index (χ2n) is 5.43. The van der Waals surface area contributed by atoms with Gasteiger partial charge in [-0.2, -0.15) is 0 Å². The molecule has 1 saturated heterocycles. The van der Waals surface area contributed by atoms with E-state index in [0.29, 0.717) is 24.9 Å². The van der Waals surface area contributed by atoms with Crippen molar-refractivity contribution in [2.24, 2.45) is 5.92 Å². The normalized spacial score (nSPS) is 15.2. The Bertz CT molecular complexity index is 410. The number of rotatable bonds is 7. The zero-order valence-corrected chi connectivity index (χ0v) is 12.4. The van der Waals surface area contributed by atoms with E-state index in [1.54, 1.807) is 6.20 Å². The van der Waals surface area contributed by atoms with Gasteiger partial charge < -0.3 is 9.64 Å². The van der Waals surface area contributed by atoms with Crippen LogP contribution < -0.4 is 4.74 Å². The summed E-state index contributed by atoms with van der Waals surface area (Å²) in [6, 6.07) is 5.62. The summed E-state index contributed by atoms with van der Waals surface area (Å²) in [4.78, 5) is 18.4. The van der Waals surface area contributed by atoms with E-state index in [0.717, 1.165) is 25.7 Å². The third-order valence-corrected chi connectivity index (χ3v) is 3.71. The predicted octanol–water partition coefficient (Wildman–Crippen LogP) is 2.89. The van der Waals surface area contributed by atoms with Crippen LogP contribution in [0.5, 0.6) is 5.88 Å². The summed E-state index contributed by atoms with van der Waals surface area (Å²) in [5, 5.41) is 0. The number of amides is 1. The van der Waals surface area contributed by atoms with Crippen molar-refractivity contribution in [2.75, 3.05) is 13.1 Å². The summed E-state index contributed by atoms with van der Waals surface area (Å²) in [6.45, 7) is 5.66. The number of aromatic nitrogens is 1. The number of pyridine rings is 1. The Hall–Kier alpha value is -1.58. The molecule has 1 aromatic heterocycles. The molecule has 0 saturated carbocycles. The fourth-order valence-electron chi connectivity index (χ4n) is 2.63. The molecule has 1 aliphatic rings. The second kappa shape index (κ2) is 7.27. The number of carbonyl (C=O) groups is 1. The molecular weight excluding hydrogens is 252 g/mol. The SMILES string of the molecule is CCCC(CCC)C(=O)N1CC(Oc2ccccn2)C1. The molecule has 2 rings (SSSR count). The molecule has 1 aliphatic heterocycles. The van der Waals surface area contributed by atoms with Gasteiger partial charge in [0, 0.05) is 18.2 Å². The van der Waals surface area contributed by atoms with Gasteiger partial charge in [0.2, 0.25) is 11.8 Å². The van der Waals surface area contributed by atoms with Gasteiger partial charge in [-0.25, -0.2) is 4.98 Å². The lowest BCUT2D eigenvalue weighted by molar-refractivity contribution is -0.145. The van der Waals surface area contributed by atoms with Crippen LogP contribution >= 0.6 is 0 Å². The molecule has 1 fully saturated rings. The van der Waals surface area contributed by atoms with E-state index >= 15 is 0 Å². The van der Waals surface area contributed by atoms with E-state index < -0.39 is 0 Å². The monoisotopic (exact) mass is 276 g/mol. The lowest BCUT2D eigenvalue weighted by Gasteiger charge is -2.40. The zero-order valence-electron chi connectivity index (χ0n) is 12.4. The van der Waals surface area contributed by atoms with Crippen LogP contribution in [0.4, 0.5) is 0 Å². The van der Waals surface area contributed by atoms with Crippen LogP contribution in [0, 0.1) is 5.92 Å². The zero-order chi connectivity index (χ0) is 14.4. The number of ether oxygens (including phenoxy) is 1. The van der Waals surface area contributed by atoms with Gasteiger partial charge in [-0.1, -0.05) is 32.8 Å². The van der Waals surface area contributed by atoms with Crippen LogP contribution in [0.2, 0.25) is 0 Å². The Kier molecular flexibility index (Phi) is 5.39. The van der Waals surface area contributed by atoms with Gasteiger partial charge in [0.15, 0.2) is 0 Å². The van der Waals surface area contributed by atoms with Gasteiger partial charge in [-0.15, -0.1) is 0 Å². The maximum Gasteiger partial charge on any atom is 0.225 e. The average Bonchev–Trinajstić information content (AvgIpc) is 2.42. The van der Waals surface area contributed by atoms with Crippen LogP contribution in [0.1, 0.15) is 39.5 Å². The first-order chi connectivity index (χ1) is 9.74. The van der Waals surface area contributed by atoms with Gasteiger partial charge in [-0.05, 0) is 18.9 Å². The highest BCUT2D eigenvalue weighted by molar-refractivity contribution is 5.79. The summed E-state index contributed by atoms with van der Waals surface area (Å²) in [6.07, 6.45) is 5.94. The number of carbonyl (C=O) groups excluding carboxylic acids is 1. The summed E-state index contributed by atoms with van der Waals surface area (Å²) >= 11 is 0. The highest BCUT2D eigenvalue weighted by Gasteiger charge is 2.35. The first kappa shape index (κ1) is 14.8. The highest BCUT2D eigenvalue weighted by atomic mass is 16.5. The van der Waals surface area contributed by atoms with E-state index in [1.807, 2.05) is 23.1 Å². The molecule has 4 nitrogen and oxygen atoms in total. The van der Waals surface area contributed by atoms with Crippen molar-refractivity contribution in [1.82, 2.24) is 9.88 Å². The number of hydrogen-bond donors (Lipinski definition) is 0. The van der Waals surface area contributed by atoms with E-state index in [9.17, 15) is 4.79 Å². The van der Waals surface area contributed by atoms with Crippen molar-refractivity contribution >= 4 is 5.91 Å². The molecule has 110 valence electrons. The van der Waals surface area contributed by atoms with E-state index in [4.69, 9.17) is 4.74 Å². The Morgan fingerprint density at radius 3 is 2.60 bits per heavy atom. The minimum atomic E-state index is 0.0951. The second-order valence-corrected chi connectivity index (χ2v) is 5.43. The van der Waals surface area contributed by atoms with E-state index in [2.05, 4.69) is 18.8 Å². The maximum absolute atomic E-state index is 12.4. The summed E-state index contributed by atoms with van der Waals surface area (Å²) in [7, 11) is 0. The van der Waals surface area contributed by atoms with Gasteiger partial charge in [0.1, 0.15) is 6.10 Å². The minimum Gasteiger partial charge on any atom is -0.471 e. The molecule has 0 unspecified atom stereocenters. The number of nitrogens with zero attached hydrogens (tertiary/aromatic N) is 2. The number of hydrogen-bond acceptors (Lipinski definition) is 3. The Labute approximate surface area is 121 Å². The van der Waals surface area contributed by atoms with Gasteiger partial charge in [-0.3, -0.25) is 4.79 Å². The Morgan fingerprint density at radius 1 is 1.35 bits per heavy atom. The molecule has 0 bridgehead atoms.